The molecule has 0 aliphatic heterocycles. The van der Waals surface area contributed by atoms with Gasteiger partial charge in [0, 0.05) is 29.0 Å². The fourth-order valence-corrected chi connectivity index (χ4v) is 2.11. The number of nitrogen functional groups attached to an aromatic ring is 1. The van der Waals surface area contributed by atoms with Crippen molar-refractivity contribution in [2.24, 2.45) is 0 Å². The summed E-state index contributed by atoms with van der Waals surface area (Å²) in [4.78, 5) is 7.39. The van der Waals surface area contributed by atoms with E-state index in [-0.39, 0.29) is 0 Å². The fourth-order valence-electron chi connectivity index (χ4n) is 2.11. The normalized spacial score (nSPS) is 10.9. The Labute approximate surface area is 99.3 Å². The van der Waals surface area contributed by atoms with E-state index in [0.717, 1.165) is 33.4 Å². The largest absolute Gasteiger partial charge is 0.397 e. The van der Waals surface area contributed by atoms with Gasteiger partial charge in [-0.3, -0.25) is 4.98 Å². The van der Waals surface area contributed by atoms with E-state index < -0.39 is 0 Å². The summed E-state index contributed by atoms with van der Waals surface area (Å²) in [6.07, 6.45) is 3.62. The van der Waals surface area contributed by atoms with Gasteiger partial charge in [-0.25, -0.2) is 0 Å². The van der Waals surface area contributed by atoms with Crippen molar-refractivity contribution in [2.75, 3.05) is 5.73 Å². The number of rotatable bonds is 1. The first-order valence-electron chi connectivity index (χ1n) is 5.53. The number of hydrogen-bond donors (Lipinski definition) is 2. The van der Waals surface area contributed by atoms with Crippen LogP contribution in [-0.2, 0) is 0 Å². The molecule has 3 aromatic rings. The van der Waals surface area contributed by atoms with Crippen LogP contribution in [0.15, 0.2) is 42.7 Å². The van der Waals surface area contributed by atoms with E-state index >= 15 is 0 Å². The summed E-state index contributed by atoms with van der Waals surface area (Å²) >= 11 is 0. The summed E-state index contributed by atoms with van der Waals surface area (Å²) in [6, 6.07) is 10.2. The number of hydrogen-bond acceptors (Lipinski definition) is 2. The van der Waals surface area contributed by atoms with Crippen LogP contribution in [0.3, 0.4) is 0 Å². The molecule has 3 N–H and O–H groups in total. The maximum atomic E-state index is 6.06. The van der Waals surface area contributed by atoms with Gasteiger partial charge in [-0.1, -0.05) is 6.07 Å². The molecule has 0 spiro atoms. The number of nitrogens with zero attached hydrogens (tertiary/aromatic N) is 1. The molecule has 2 heterocycles. The third kappa shape index (κ3) is 1.65. The van der Waals surface area contributed by atoms with Crippen molar-refractivity contribution in [2.45, 2.75) is 6.92 Å². The molecule has 0 amide bonds. The van der Waals surface area contributed by atoms with Gasteiger partial charge in [0.2, 0.25) is 0 Å². The molecule has 0 aliphatic rings. The lowest BCUT2D eigenvalue weighted by molar-refractivity contribution is 1.30. The van der Waals surface area contributed by atoms with Crippen LogP contribution in [0.2, 0.25) is 0 Å². The molecule has 0 saturated carbocycles. The van der Waals surface area contributed by atoms with Crippen LogP contribution < -0.4 is 5.73 Å². The van der Waals surface area contributed by atoms with Gasteiger partial charge in [-0.2, -0.15) is 0 Å². The van der Waals surface area contributed by atoms with Crippen molar-refractivity contribution < 1.29 is 0 Å². The molecule has 0 bridgehead atoms. The predicted octanol–water partition coefficient (Wildman–Crippen LogP) is 3.12. The number of H-pyrrole nitrogens is 1. The number of anilines is 1. The van der Waals surface area contributed by atoms with Gasteiger partial charge in [0.1, 0.15) is 0 Å². The monoisotopic (exact) mass is 223 g/mol. The maximum absolute atomic E-state index is 6.06. The second kappa shape index (κ2) is 3.63. The van der Waals surface area contributed by atoms with Gasteiger partial charge in [0.25, 0.3) is 0 Å². The lowest BCUT2D eigenvalue weighted by Gasteiger charge is -2.03. The Hall–Kier alpha value is -2.29. The minimum absolute atomic E-state index is 0.773. The lowest BCUT2D eigenvalue weighted by atomic mass is 10.0. The van der Waals surface area contributed by atoms with Gasteiger partial charge < -0.3 is 10.7 Å². The predicted molar refractivity (Wildman–Crippen MR) is 70.7 cm³/mol. The second-order valence-corrected chi connectivity index (χ2v) is 4.22. The highest BCUT2D eigenvalue weighted by Crippen LogP contribution is 2.28. The van der Waals surface area contributed by atoms with Crippen LogP contribution in [0.25, 0.3) is 22.0 Å². The van der Waals surface area contributed by atoms with Gasteiger partial charge in [-0.15, -0.1) is 0 Å². The highest BCUT2D eigenvalue weighted by Gasteiger charge is 2.05. The van der Waals surface area contributed by atoms with E-state index in [9.17, 15) is 0 Å². The number of pyridine rings is 1. The first kappa shape index (κ1) is 9.90. The van der Waals surface area contributed by atoms with Gasteiger partial charge in [-0.05, 0) is 36.8 Å². The van der Waals surface area contributed by atoms with Crippen LogP contribution in [-0.4, -0.2) is 9.97 Å². The molecule has 84 valence electrons. The average molecular weight is 223 g/mol. The quantitative estimate of drug-likeness (QED) is 0.623. The zero-order valence-electron chi connectivity index (χ0n) is 9.57. The number of benzene rings is 1. The molecule has 0 radical (unpaired) electrons. The zero-order valence-corrected chi connectivity index (χ0v) is 9.57. The molecule has 17 heavy (non-hydrogen) atoms. The van der Waals surface area contributed by atoms with Crippen molar-refractivity contribution >= 4 is 16.6 Å². The van der Waals surface area contributed by atoms with Crippen molar-refractivity contribution in [1.82, 2.24) is 9.97 Å². The minimum Gasteiger partial charge on any atom is -0.397 e. The van der Waals surface area contributed by atoms with Crippen LogP contribution in [0.4, 0.5) is 5.69 Å². The molecule has 0 unspecified atom stereocenters. The zero-order chi connectivity index (χ0) is 11.8. The summed E-state index contributed by atoms with van der Waals surface area (Å²) in [5.41, 5.74) is 11.1. The number of nitrogens with one attached hydrogen (secondary N) is 1. The maximum Gasteiger partial charge on any atom is 0.0690 e. The first-order valence-corrected chi connectivity index (χ1v) is 5.53. The summed E-state index contributed by atoms with van der Waals surface area (Å²) in [7, 11) is 0. The van der Waals surface area contributed by atoms with E-state index in [1.807, 2.05) is 31.3 Å². The van der Waals surface area contributed by atoms with Crippen molar-refractivity contribution in [3.05, 3.63) is 48.4 Å². The average Bonchev–Trinajstić information content (AvgIpc) is 2.71. The Bertz CT molecular complexity index is 669. The topological polar surface area (TPSA) is 54.7 Å². The van der Waals surface area contributed by atoms with Gasteiger partial charge >= 0.3 is 0 Å². The highest BCUT2D eigenvalue weighted by molar-refractivity contribution is 5.94. The van der Waals surface area contributed by atoms with Crippen molar-refractivity contribution in [3.63, 3.8) is 0 Å². The number of aromatic nitrogens is 2. The van der Waals surface area contributed by atoms with Crippen LogP contribution in [0, 0.1) is 6.92 Å². The smallest absolute Gasteiger partial charge is 0.0690 e. The van der Waals surface area contributed by atoms with Crippen LogP contribution in [0.5, 0.6) is 0 Å². The number of aromatic amines is 1. The summed E-state index contributed by atoms with van der Waals surface area (Å²) in [5.74, 6) is 0. The van der Waals surface area contributed by atoms with Gasteiger partial charge in [0.15, 0.2) is 0 Å². The van der Waals surface area contributed by atoms with Gasteiger partial charge in [0.05, 0.1) is 11.2 Å². The minimum atomic E-state index is 0.773. The van der Waals surface area contributed by atoms with Crippen molar-refractivity contribution in [1.29, 1.82) is 0 Å². The van der Waals surface area contributed by atoms with E-state index in [4.69, 9.17) is 5.73 Å². The number of nitrogens with two attached hydrogens (primary N) is 1. The number of fused-ring (bicyclic) bond motifs is 1. The van der Waals surface area contributed by atoms with E-state index in [2.05, 4.69) is 22.1 Å². The molecule has 0 atom stereocenters. The Morgan fingerprint density at radius 3 is 2.82 bits per heavy atom. The molecular weight excluding hydrogens is 210 g/mol. The molecule has 0 fully saturated rings. The Morgan fingerprint density at radius 2 is 2.06 bits per heavy atom. The Morgan fingerprint density at radius 1 is 1.18 bits per heavy atom. The fraction of sp³-hybridized carbons (Fsp3) is 0.0714. The highest BCUT2D eigenvalue weighted by atomic mass is 14.7. The third-order valence-electron chi connectivity index (χ3n) is 2.89. The van der Waals surface area contributed by atoms with E-state index in [1.165, 1.54) is 0 Å². The Balaban J connectivity index is 2.25. The van der Waals surface area contributed by atoms with Crippen LogP contribution >= 0.6 is 0 Å². The molecule has 1 aromatic carbocycles. The molecule has 3 nitrogen and oxygen atoms in total. The SMILES string of the molecule is Cc1cc2cc(-c3cccnc3)cc(N)c2[nH]1. The molecule has 0 aliphatic carbocycles. The Kier molecular flexibility index (Phi) is 2.11. The molecule has 3 heteroatoms. The second-order valence-electron chi connectivity index (χ2n) is 4.22. The molecule has 0 saturated heterocycles. The lowest BCUT2D eigenvalue weighted by Crippen LogP contribution is -1.88. The molecular formula is C14H13N3. The summed E-state index contributed by atoms with van der Waals surface area (Å²) in [5, 5.41) is 1.14. The van der Waals surface area contributed by atoms with E-state index in [1.54, 1.807) is 6.20 Å². The summed E-state index contributed by atoms with van der Waals surface area (Å²) in [6.45, 7) is 2.03. The first-order chi connectivity index (χ1) is 8.24. The standard InChI is InChI=1S/C14H13N3/c1-9-5-12-6-11(7-13(15)14(12)17-9)10-3-2-4-16-8-10/h2-8,17H,15H2,1H3. The third-order valence-corrected chi connectivity index (χ3v) is 2.89. The van der Waals surface area contributed by atoms with Crippen LogP contribution in [0.1, 0.15) is 5.69 Å². The number of aryl methyl sites for hydroxylation is 1. The van der Waals surface area contributed by atoms with E-state index in [0.29, 0.717) is 0 Å². The summed E-state index contributed by atoms with van der Waals surface area (Å²) < 4.78 is 0. The van der Waals surface area contributed by atoms with Crippen molar-refractivity contribution in [3.8, 4) is 11.1 Å². The molecule has 2 aromatic heterocycles. The molecule has 3 rings (SSSR count).